The first-order valence-electron chi connectivity index (χ1n) is 6.31. The molecule has 1 aliphatic heterocycles. The number of amides is 1. The minimum atomic E-state index is 0. The third kappa shape index (κ3) is 4.71. The lowest BCUT2D eigenvalue weighted by Gasteiger charge is -2.25. The molecule has 0 aliphatic carbocycles. The summed E-state index contributed by atoms with van der Waals surface area (Å²) in [5.41, 5.74) is 2.18. The van der Waals surface area contributed by atoms with Crippen LogP contribution in [0.4, 0.5) is 5.69 Å². The van der Waals surface area contributed by atoms with Crippen LogP contribution in [0.3, 0.4) is 0 Å². The Morgan fingerprint density at radius 1 is 1.42 bits per heavy atom. The molecule has 1 fully saturated rings. The van der Waals surface area contributed by atoms with Crippen LogP contribution in [0, 0.1) is 6.92 Å². The van der Waals surface area contributed by atoms with E-state index < -0.39 is 0 Å². The average molecular weight is 301 g/mol. The molecule has 106 valence electrons. The highest BCUT2D eigenvalue weighted by Crippen LogP contribution is 2.16. The molecule has 1 unspecified atom stereocenters. The van der Waals surface area contributed by atoms with Crippen molar-refractivity contribution in [2.75, 3.05) is 30.0 Å². The Balaban J connectivity index is 0.00000180. The molecule has 1 aliphatic rings. The fraction of sp³-hybridized carbons (Fsp3) is 0.500. The normalized spacial score (nSPS) is 18.5. The predicted octanol–water partition coefficient (Wildman–Crippen LogP) is 2.47. The number of anilines is 1. The molecule has 5 heteroatoms. The highest BCUT2D eigenvalue weighted by Gasteiger charge is 2.19. The number of halogens is 1. The molecule has 2 rings (SSSR count). The maximum absolute atomic E-state index is 12.2. The number of rotatable bonds is 3. The number of aryl methyl sites for hydroxylation is 1. The molecule has 1 saturated heterocycles. The highest BCUT2D eigenvalue weighted by atomic mass is 35.5. The Labute approximate surface area is 125 Å². The molecule has 3 nitrogen and oxygen atoms in total. The number of nitrogens with one attached hydrogen (secondary N) is 1. The minimum absolute atomic E-state index is 0. The molecular formula is C14H21ClN2OS. The average Bonchev–Trinajstić information content (AvgIpc) is 2.40. The summed E-state index contributed by atoms with van der Waals surface area (Å²) in [6.07, 6.45) is 0.581. The maximum Gasteiger partial charge on any atom is 0.228 e. The molecule has 0 bridgehead atoms. The number of hydrogen-bond acceptors (Lipinski definition) is 3. The van der Waals surface area contributed by atoms with Crippen molar-refractivity contribution in [1.82, 2.24) is 5.32 Å². The molecule has 1 atom stereocenters. The van der Waals surface area contributed by atoms with Crippen LogP contribution in [-0.2, 0) is 4.79 Å². The minimum Gasteiger partial charge on any atom is -0.315 e. The van der Waals surface area contributed by atoms with Crippen molar-refractivity contribution in [1.29, 1.82) is 0 Å². The summed E-state index contributed by atoms with van der Waals surface area (Å²) in [5, 5.41) is 3.40. The van der Waals surface area contributed by atoms with Crippen LogP contribution in [0.1, 0.15) is 12.0 Å². The van der Waals surface area contributed by atoms with Crippen LogP contribution in [-0.4, -0.2) is 37.0 Å². The summed E-state index contributed by atoms with van der Waals surface area (Å²) in [7, 11) is 1.85. The van der Waals surface area contributed by atoms with Crippen LogP contribution in [0.15, 0.2) is 24.3 Å². The van der Waals surface area contributed by atoms with Gasteiger partial charge in [-0.25, -0.2) is 0 Å². The molecule has 1 amide bonds. The van der Waals surface area contributed by atoms with Crippen molar-refractivity contribution in [2.24, 2.45) is 0 Å². The summed E-state index contributed by atoms with van der Waals surface area (Å²) >= 11 is 1.92. The fourth-order valence-electron chi connectivity index (χ4n) is 2.01. The lowest BCUT2D eigenvalue weighted by Crippen LogP contribution is -2.41. The second kappa shape index (κ2) is 7.78. The van der Waals surface area contributed by atoms with E-state index in [4.69, 9.17) is 0 Å². The van der Waals surface area contributed by atoms with Crippen molar-refractivity contribution >= 4 is 35.8 Å². The number of nitrogens with zero attached hydrogens (tertiary/aromatic N) is 1. The number of carbonyl (C=O) groups excluding carboxylic acids is 1. The zero-order valence-electron chi connectivity index (χ0n) is 11.4. The van der Waals surface area contributed by atoms with E-state index in [1.807, 2.05) is 43.1 Å². The topological polar surface area (TPSA) is 32.3 Å². The van der Waals surface area contributed by atoms with Crippen LogP contribution in [0.2, 0.25) is 0 Å². The van der Waals surface area contributed by atoms with E-state index in [1.165, 1.54) is 5.56 Å². The maximum atomic E-state index is 12.2. The van der Waals surface area contributed by atoms with Gasteiger partial charge in [0, 0.05) is 43.2 Å². The number of benzene rings is 1. The van der Waals surface area contributed by atoms with E-state index in [-0.39, 0.29) is 18.3 Å². The molecule has 0 radical (unpaired) electrons. The zero-order valence-corrected chi connectivity index (χ0v) is 13.0. The quantitative estimate of drug-likeness (QED) is 0.931. The van der Waals surface area contributed by atoms with Crippen LogP contribution in [0.25, 0.3) is 0 Å². The zero-order chi connectivity index (χ0) is 13.0. The van der Waals surface area contributed by atoms with Crippen molar-refractivity contribution in [3.8, 4) is 0 Å². The van der Waals surface area contributed by atoms with E-state index >= 15 is 0 Å². The second-order valence-corrected chi connectivity index (χ2v) is 5.87. The van der Waals surface area contributed by atoms with Gasteiger partial charge < -0.3 is 10.2 Å². The van der Waals surface area contributed by atoms with Gasteiger partial charge in [-0.2, -0.15) is 11.8 Å². The van der Waals surface area contributed by atoms with E-state index in [0.29, 0.717) is 12.5 Å². The van der Waals surface area contributed by atoms with Crippen molar-refractivity contribution in [3.63, 3.8) is 0 Å². The third-order valence-electron chi connectivity index (χ3n) is 3.21. The predicted molar refractivity (Wildman–Crippen MR) is 85.6 cm³/mol. The Kier molecular flexibility index (Phi) is 6.69. The Bertz CT molecular complexity index is 404. The van der Waals surface area contributed by atoms with Crippen LogP contribution >= 0.6 is 24.2 Å². The number of carbonyl (C=O) groups is 1. The summed E-state index contributed by atoms with van der Waals surface area (Å²) < 4.78 is 0. The van der Waals surface area contributed by atoms with Gasteiger partial charge in [0.05, 0.1) is 0 Å². The van der Waals surface area contributed by atoms with Crippen molar-refractivity contribution in [3.05, 3.63) is 29.8 Å². The van der Waals surface area contributed by atoms with E-state index in [2.05, 4.69) is 12.2 Å². The fourth-order valence-corrected chi connectivity index (χ4v) is 2.96. The van der Waals surface area contributed by atoms with E-state index in [0.717, 1.165) is 23.7 Å². The summed E-state index contributed by atoms with van der Waals surface area (Å²) in [4.78, 5) is 13.9. The van der Waals surface area contributed by atoms with Crippen LogP contribution in [0.5, 0.6) is 0 Å². The van der Waals surface area contributed by atoms with Crippen molar-refractivity contribution < 1.29 is 4.79 Å². The summed E-state index contributed by atoms with van der Waals surface area (Å²) in [6.45, 7) is 3.06. The first kappa shape index (κ1) is 16.3. The second-order valence-electron chi connectivity index (χ2n) is 4.72. The smallest absolute Gasteiger partial charge is 0.228 e. The molecule has 1 aromatic rings. The molecular weight excluding hydrogens is 280 g/mol. The van der Waals surface area contributed by atoms with E-state index in [9.17, 15) is 4.79 Å². The highest BCUT2D eigenvalue weighted by molar-refractivity contribution is 7.99. The van der Waals surface area contributed by atoms with E-state index in [1.54, 1.807) is 4.90 Å². The molecule has 0 saturated carbocycles. The molecule has 19 heavy (non-hydrogen) atoms. The van der Waals surface area contributed by atoms with Crippen molar-refractivity contribution in [2.45, 2.75) is 19.4 Å². The largest absolute Gasteiger partial charge is 0.315 e. The van der Waals surface area contributed by atoms with Gasteiger partial charge >= 0.3 is 0 Å². The lowest BCUT2D eigenvalue weighted by atomic mass is 10.2. The molecule has 0 spiro atoms. The van der Waals surface area contributed by atoms with Crippen LogP contribution < -0.4 is 10.2 Å². The molecule has 1 N–H and O–H groups in total. The number of hydrogen-bond donors (Lipinski definition) is 1. The Hall–Kier alpha value is -0.710. The summed E-state index contributed by atoms with van der Waals surface area (Å²) in [6, 6.07) is 8.39. The Morgan fingerprint density at radius 2 is 2.11 bits per heavy atom. The summed E-state index contributed by atoms with van der Waals surface area (Å²) in [5.74, 6) is 2.37. The third-order valence-corrected chi connectivity index (χ3v) is 4.35. The molecule has 0 aromatic heterocycles. The van der Waals surface area contributed by atoms with Gasteiger partial charge in [-0.1, -0.05) is 17.7 Å². The van der Waals surface area contributed by atoms with Gasteiger partial charge in [0.15, 0.2) is 0 Å². The SMILES string of the molecule is Cc1ccc(N(C)C(=O)CC2CSCCN2)cc1.Cl. The van der Waals surface area contributed by atoms with Gasteiger partial charge in [-0.3, -0.25) is 4.79 Å². The first-order valence-corrected chi connectivity index (χ1v) is 7.46. The van der Waals surface area contributed by atoms with Gasteiger partial charge in [0.1, 0.15) is 0 Å². The molecule has 1 heterocycles. The lowest BCUT2D eigenvalue weighted by molar-refractivity contribution is -0.118. The van der Waals surface area contributed by atoms with Gasteiger partial charge in [0.2, 0.25) is 5.91 Å². The van der Waals surface area contributed by atoms with Gasteiger partial charge in [-0.15, -0.1) is 12.4 Å². The monoisotopic (exact) mass is 300 g/mol. The molecule has 1 aromatic carbocycles. The number of thioether (sulfide) groups is 1. The van der Waals surface area contributed by atoms with Gasteiger partial charge in [0.25, 0.3) is 0 Å². The standard InChI is InChI=1S/C14H20N2OS.ClH/c1-11-3-5-13(6-4-11)16(2)14(17)9-12-10-18-8-7-15-12;/h3-6,12,15H,7-10H2,1-2H3;1H. The van der Waals surface area contributed by atoms with Gasteiger partial charge in [-0.05, 0) is 19.1 Å². The Morgan fingerprint density at radius 3 is 2.68 bits per heavy atom. The first-order chi connectivity index (χ1) is 8.66.